The Labute approximate surface area is 95.7 Å². The second kappa shape index (κ2) is 5.47. The number of nitrogens with one attached hydrogen (secondary N) is 1. The maximum Gasteiger partial charge on any atom is 0.349 e. The predicted molar refractivity (Wildman–Crippen MR) is 57.2 cm³/mol. The lowest BCUT2D eigenvalue weighted by Crippen LogP contribution is -2.34. The second-order valence-electron chi connectivity index (χ2n) is 3.24. The highest BCUT2D eigenvalue weighted by atomic mass is 16.4. The molecule has 0 saturated carbocycles. The summed E-state index contributed by atoms with van der Waals surface area (Å²) in [5.74, 6) is -1.82. The van der Waals surface area contributed by atoms with E-state index >= 15 is 0 Å². The zero-order valence-corrected chi connectivity index (χ0v) is 8.61. The SMILES string of the molecule is [N-]=[N+]=NNC(Cc1ccc(O)c(O)c1)C(=O)O. The summed E-state index contributed by atoms with van der Waals surface area (Å²) in [6.07, 6.45) is 0.00218. The number of aliphatic carboxylic acids is 1. The fraction of sp³-hybridized carbons (Fsp3) is 0.222. The van der Waals surface area contributed by atoms with Gasteiger partial charge in [0, 0.05) is 6.42 Å². The minimum absolute atomic E-state index is 0.00218. The summed E-state index contributed by atoms with van der Waals surface area (Å²) >= 11 is 0. The third-order valence-electron chi connectivity index (χ3n) is 2.04. The van der Waals surface area contributed by atoms with Crippen molar-refractivity contribution < 1.29 is 20.1 Å². The lowest BCUT2D eigenvalue weighted by atomic mass is 10.1. The molecule has 0 aliphatic heterocycles. The first kappa shape index (κ1) is 12.5. The van der Waals surface area contributed by atoms with Crippen LogP contribution in [0.5, 0.6) is 11.5 Å². The van der Waals surface area contributed by atoms with Crippen molar-refractivity contribution in [3.63, 3.8) is 0 Å². The van der Waals surface area contributed by atoms with Crippen LogP contribution in [-0.2, 0) is 11.2 Å². The van der Waals surface area contributed by atoms with Crippen molar-refractivity contribution in [2.24, 2.45) is 5.22 Å². The summed E-state index contributed by atoms with van der Waals surface area (Å²) in [4.78, 5) is 13.2. The lowest BCUT2D eigenvalue weighted by molar-refractivity contribution is -0.139. The Morgan fingerprint density at radius 3 is 2.71 bits per heavy atom. The van der Waals surface area contributed by atoms with Crippen LogP contribution in [0.15, 0.2) is 23.4 Å². The van der Waals surface area contributed by atoms with E-state index in [-0.39, 0.29) is 17.9 Å². The molecule has 0 aliphatic rings. The molecule has 17 heavy (non-hydrogen) atoms. The summed E-state index contributed by atoms with van der Waals surface area (Å²) in [7, 11) is 0. The molecular formula is C9H10N4O4. The van der Waals surface area contributed by atoms with Crippen LogP contribution in [0.3, 0.4) is 0 Å². The van der Waals surface area contributed by atoms with Crippen molar-refractivity contribution in [3.05, 3.63) is 34.2 Å². The Morgan fingerprint density at radius 1 is 1.47 bits per heavy atom. The largest absolute Gasteiger partial charge is 0.504 e. The van der Waals surface area contributed by atoms with E-state index in [2.05, 4.69) is 15.6 Å². The molecule has 0 saturated heterocycles. The third-order valence-corrected chi connectivity index (χ3v) is 2.04. The maximum atomic E-state index is 10.8. The molecule has 1 unspecified atom stereocenters. The Morgan fingerprint density at radius 2 is 2.18 bits per heavy atom. The first-order valence-corrected chi connectivity index (χ1v) is 4.58. The molecule has 0 aromatic heterocycles. The van der Waals surface area contributed by atoms with Crippen LogP contribution >= 0.6 is 0 Å². The van der Waals surface area contributed by atoms with Crippen molar-refractivity contribution in [3.8, 4) is 11.5 Å². The molecule has 0 heterocycles. The van der Waals surface area contributed by atoms with E-state index in [1.807, 2.05) is 0 Å². The lowest BCUT2D eigenvalue weighted by Gasteiger charge is -2.08. The molecule has 8 nitrogen and oxygen atoms in total. The van der Waals surface area contributed by atoms with Crippen LogP contribution in [0, 0.1) is 0 Å². The van der Waals surface area contributed by atoms with Crippen LogP contribution in [0.25, 0.3) is 10.4 Å². The molecule has 4 N–H and O–H groups in total. The fourth-order valence-corrected chi connectivity index (χ4v) is 1.22. The van der Waals surface area contributed by atoms with Crippen molar-refractivity contribution in [1.82, 2.24) is 5.43 Å². The minimum Gasteiger partial charge on any atom is -0.504 e. The normalized spacial score (nSPS) is 11.3. The number of hydrogen-bond donors (Lipinski definition) is 4. The van der Waals surface area contributed by atoms with E-state index in [1.165, 1.54) is 18.2 Å². The monoisotopic (exact) mass is 238 g/mol. The van der Waals surface area contributed by atoms with Crippen LogP contribution in [-0.4, -0.2) is 27.3 Å². The Balaban J connectivity index is 2.81. The number of carbonyl (C=O) groups is 1. The quantitative estimate of drug-likeness (QED) is 0.198. The molecular weight excluding hydrogens is 228 g/mol. The number of aromatic hydroxyl groups is 2. The summed E-state index contributed by atoms with van der Waals surface area (Å²) in [5, 5.41) is 30.1. The highest BCUT2D eigenvalue weighted by Crippen LogP contribution is 2.25. The summed E-state index contributed by atoms with van der Waals surface area (Å²) in [6, 6.07) is 2.85. The molecule has 0 aliphatic carbocycles. The number of benzene rings is 1. The fourth-order valence-electron chi connectivity index (χ4n) is 1.22. The van der Waals surface area contributed by atoms with Gasteiger partial charge in [0.05, 0.1) is 0 Å². The van der Waals surface area contributed by atoms with Crippen molar-refractivity contribution >= 4 is 5.97 Å². The molecule has 1 aromatic carbocycles. The van der Waals surface area contributed by atoms with Crippen LogP contribution < -0.4 is 5.43 Å². The summed E-state index contributed by atoms with van der Waals surface area (Å²) in [5.41, 5.74) is 10.7. The number of hydrogen-bond acceptors (Lipinski definition) is 4. The van der Waals surface area contributed by atoms with Crippen LogP contribution in [0.4, 0.5) is 0 Å². The van der Waals surface area contributed by atoms with Crippen LogP contribution in [0.1, 0.15) is 5.56 Å². The van der Waals surface area contributed by atoms with E-state index in [9.17, 15) is 9.90 Å². The number of carboxylic acid groups (broad SMARTS) is 1. The van der Waals surface area contributed by atoms with Gasteiger partial charge in [0.1, 0.15) is 0 Å². The minimum atomic E-state index is -1.19. The standard InChI is InChI=1S/C9H10N4O4/c10-12-13-11-6(9(16)17)3-5-1-2-7(14)8(15)4-5/h1-2,4,6,11,14-15H,3H2,(H,16,17). The molecule has 0 bridgehead atoms. The third kappa shape index (κ3) is 3.47. The highest BCUT2D eigenvalue weighted by Gasteiger charge is 2.20. The molecule has 1 atom stereocenters. The van der Waals surface area contributed by atoms with Gasteiger partial charge < -0.3 is 15.3 Å². The van der Waals surface area contributed by atoms with Gasteiger partial charge in [-0.2, -0.15) is 4.91 Å². The first-order valence-electron chi connectivity index (χ1n) is 4.58. The van der Waals surface area contributed by atoms with E-state index in [1.54, 1.807) is 0 Å². The number of nitrogens with zero attached hydrogens (tertiary/aromatic N) is 3. The average Bonchev–Trinajstić information content (AvgIpc) is 2.28. The van der Waals surface area contributed by atoms with Gasteiger partial charge in [-0.05, 0) is 22.9 Å². The highest BCUT2D eigenvalue weighted by molar-refractivity contribution is 5.73. The molecule has 0 amide bonds. The number of phenolic OH excluding ortho intramolecular Hbond substituents is 2. The zero-order valence-electron chi connectivity index (χ0n) is 8.61. The number of phenols is 2. The van der Waals surface area contributed by atoms with Crippen molar-refractivity contribution in [2.45, 2.75) is 12.5 Å². The van der Waals surface area contributed by atoms with Gasteiger partial charge in [-0.1, -0.05) is 6.07 Å². The maximum absolute atomic E-state index is 10.8. The number of azide groups is 1. The van der Waals surface area contributed by atoms with Crippen LogP contribution in [0.2, 0.25) is 0 Å². The van der Waals surface area contributed by atoms with Gasteiger partial charge in [-0.25, -0.2) is 10.2 Å². The van der Waals surface area contributed by atoms with E-state index < -0.39 is 12.0 Å². The predicted octanol–water partition coefficient (Wildman–Crippen LogP) is 0.908. The van der Waals surface area contributed by atoms with Gasteiger partial charge in [0.25, 0.3) is 0 Å². The van der Waals surface area contributed by atoms with E-state index in [4.69, 9.17) is 15.7 Å². The topological polar surface area (TPSA) is 139 Å². The van der Waals surface area contributed by atoms with Gasteiger partial charge in [0.15, 0.2) is 17.5 Å². The van der Waals surface area contributed by atoms with E-state index in [0.29, 0.717) is 5.56 Å². The van der Waals surface area contributed by atoms with Gasteiger partial charge in [-0.15, -0.1) is 5.53 Å². The Hall–Kier alpha value is -2.60. The smallest absolute Gasteiger partial charge is 0.349 e. The molecule has 8 heteroatoms. The van der Waals surface area contributed by atoms with Gasteiger partial charge >= 0.3 is 5.97 Å². The molecule has 0 fully saturated rings. The molecule has 0 radical (unpaired) electrons. The number of carboxylic acids is 1. The zero-order chi connectivity index (χ0) is 12.8. The van der Waals surface area contributed by atoms with Crippen molar-refractivity contribution in [2.75, 3.05) is 0 Å². The summed E-state index contributed by atoms with van der Waals surface area (Å²) < 4.78 is 0. The summed E-state index contributed by atoms with van der Waals surface area (Å²) in [6.45, 7) is 0. The van der Waals surface area contributed by atoms with Crippen molar-refractivity contribution in [1.29, 1.82) is 0 Å². The first-order chi connectivity index (χ1) is 8.04. The average molecular weight is 238 g/mol. The Bertz CT molecular complexity index is 470. The molecule has 1 rings (SSSR count). The molecule has 90 valence electrons. The molecule has 0 spiro atoms. The second-order valence-corrected chi connectivity index (χ2v) is 3.24. The number of rotatable bonds is 5. The van der Waals surface area contributed by atoms with Gasteiger partial charge in [-0.3, -0.25) is 0 Å². The van der Waals surface area contributed by atoms with E-state index in [0.717, 1.165) is 0 Å². The molecule has 1 aromatic rings. The van der Waals surface area contributed by atoms with Gasteiger partial charge in [0.2, 0.25) is 0 Å². The Kier molecular flexibility index (Phi) is 4.02.